The fourth-order valence-electron chi connectivity index (χ4n) is 4.50. The molecule has 0 amide bonds. The van der Waals surface area contributed by atoms with Crippen LogP contribution in [-0.4, -0.2) is 72.4 Å². The molecule has 0 radical (unpaired) electrons. The Bertz CT molecular complexity index is 347. The lowest BCUT2D eigenvalue weighted by Crippen LogP contribution is -2.59. The van der Waals surface area contributed by atoms with Gasteiger partial charge in [-0.05, 0) is 64.6 Å². The van der Waals surface area contributed by atoms with E-state index >= 15 is 0 Å². The van der Waals surface area contributed by atoms with E-state index in [-0.39, 0.29) is 12.1 Å². The van der Waals surface area contributed by atoms with Gasteiger partial charge in [-0.2, -0.15) is 0 Å². The van der Waals surface area contributed by atoms with Crippen molar-refractivity contribution < 1.29 is 5.11 Å². The minimum atomic E-state index is -0.0435. The highest BCUT2D eigenvalue weighted by Gasteiger charge is 2.46. The number of aliphatic hydroxyl groups excluding tert-OH is 1. The molecule has 4 heteroatoms. The Balaban J connectivity index is 1.65. The number of likely N-dealkylation sites (N-methyl/N-ethyl adjacent to an activating group) is 1. The third-order valence-corrected chi connectivity index (χ3v) is 6.11. The summed E-state index contributed by atoms with van der Waals surface area (Å²) in [6.45, 7) is 6.95. The van der Waals surface area contributed by atoms with E-state index in [2.05, 4.69) is 29.1 Å². The van der Waals surface area contributed by atoms with Crippen LogP contribution in [0.1, 0.15) is 45.4 Å². The zero-order valence-electron chi connectivity index (χ0n) is 13.9. The summed E-state index contributed by atoms with van der Waals surface area (Å²) in [5.41, 5.74) is -0.0435. The molecule has 2 N–H and O–H groups in total. The van der Waals surface area contributed by atoms with Gasteiger partial charge in [0.05, 0.1) is 12.1 Å². The molecule has 2 aliphatic heterocycles. The highest BCUT2D eigenvalue weighted by Crippen LogP contribution is 2.40. The van der Waals surface area contributed by atoms with Gasteiger partial charge in [-0.25, -0.2) is 0 Å². The van der Waals surface area contributed by atoms with Gasteiger partial charge < -0.3 is 10.4 Å². The Hall–Kier alpha value is -0.160. The molecule has 2 saturated heterocycles. The zero-order valence-corrected chi connectivity index (χ0v) is 13.9. The lowest BCUT2D eigenvalue weighted by Gasteiger charge is -2.39. The fourth-order valence-corrected chi connectivity index (χ4v) is 4.50. The van der Waals surface area contributed by atoms with Crippen LogP contribution in [0.2, 0.25) is 0 Å². The standard InChI is InChI=1S/C17H33N3O/c1-3-9-18-17(13-21,14-4-5-14)12-20-10-8-15-6-7-16(11-20)19(15)2/h14-16,18,21H,3-13H2,1-2H3. The van der Waals surface area contributed by atoms with E-state index in [0.29, 0.717) is 5.92 Å². The maximum Gasteiger partial charge on any atom is 0.0628 e. The largest absolute Gasteiger partial charge is 0.394 e. The summed E-state index contributed by atoms with van der Waals surface area (Å²) in [4.78, 5) is 5.24. The second-order valence-corrected chi connectivity index (χ2v) is 7.59. The van der Waals surface area contributed by atoms with Crippen molar-refractivity contribution in [3.63, 3.8) is 0 Å². The molecule has 3 unspecified atom stereocenters. The average Bonchev–Trinajstić information content (AvgIpc) is 3.27. The fraction of sp³-hybridized carbons (Fsp3) is 1.00. The highest BCUT2D eigenvalue weighted by atomic mass is 16.3. The summed E-state index contributed by atoms with van der Waals surface area (Å²) in [5, 5.41) is 13.8. The van der Waals surface area contributed by atoms with Gasteiger partial charge in [0.15, 0.2) is 0 Å². The molecule has 1 saturated carbocycles. The molecular formula is C17H33N3O. The molecule has 0 aromatic carbocycles. The van der Waals surface area contributed by atoms with Crippen LogP contribution in [0.4, 0.5) is 0 Å². The summed E-state index contributed by atoms with van der Waals surface area (Å²) in [6.07, 6.45) is 7.76. The van der Waals surface area contributed by atoms with E-state index in [1.54, 1.807) is 0 Å². The monoisotopic (exact) mass is 295 g/mol. The van der Waals surface area contributed by atoms with Crippen LogP contribution in [0.15, 0.2) is 0 Å². The van der Waals surface area contributed by atoms with Crippen molar-refractivity contribution in [3.8, 4) is 0 Å². The van der Waals surface area contributed by atoms with Crippen molar-refractivity contribution in [1.82, 2.24) is 15.1 Å². The SMILES string of the molecule is CCCNC(CO)(CN1CCC2CCC(C1)N2C)C1CC1. The van der Waals surface area contributed by atoms with Crippen LogP contribution in [-0.2, 0) is 0 Å². The summed E-state index contributed by atoms with van der Waals surface area (Å²) < 4.78 is 0. The van der Waals surface area contributed by atoms with Crippen LogP contribution in [0.5, 0.6) is 0 Å². The molecule has 3 aliphatic rings. The zero-order chi connectivity index (χ0) is 14.9. The van der Waals surface area contributed by atoms with Crippen molar-refractivity contribution in [3.05, 3.63) is 0 Å². The number of likely N-dealkylation sites (tertiary alicyclic amines) is 1. The van der Waals surface area contributed by atoms with Gasteiger partial charge in [0, 0.05) is 25.2 Å². The molecule has 4 nitrogen and oxygen atoms in total. The van der Waals surface area contributed by atoms with Gasteiger partial charge in [-0.15, -0.1) is 0 Å². The van der Waals surface area contributed by atoms with Crippen molar-refractivity contribution in [2.24, 2.45) is 5.92 Å². The predicted octanol–water partition coefficient (Wildman–Crippen LogP) is 1.30. The summed E-state index contributed by atoms with van der Waals surface area (Å²) >= 11 is 0. The third kappa shape index (κ3) is 3.29. The second-order valence-electron chi connectivity index (χ2n) is 7.59. The first kappa shape index (κ1) is 15.7. The molecule has 3 atom stereocenters. The van der Waals surface area contributed by atoms with Crippen LogP contribution in [0.3, 0.4) is 0 Å². The summed E-state index contributed by atoms with van der Waals surface area (Å²) in [5.74, 6) is 0.687. The van der Waals surface area contributed by atoms with Gasteiger partial charge >= 0.3 is 0 Å². The van der Waals surface area contributed by atoms with Gasteiger partial charge in [-0.1, -0.05) is 6.92 Å². The van der Waals surface area contributed by atoms with Crippen LogP contribution >= 0.6 is 0 Å². The van der Waals surface area contributed by atoms with Crippen LogP contribution in [0, 0.1) is 5.92 Å². The van der Waals surface area contributed by atoms with Crippen molar-refractivity contribution >= 4 is 0 Å². The van der Waals surface area contributed by atoms with Crippen LogP contribution in [0.25, 0.3) is 0 Å². The number of hydrogen-bond acceptors (Lipinski definition) is 4. The van der Waals surface area contributed by atoms with E-state index in [4.69, 9.17) is 0 Å². The number of rotatable bonds is 7. The topological polar surface area (TPSA) is 38.7 Å². The lowest BCUT2D eigenvalue weighted by atomic mass is 9.92. The second kappa shape index (κ2) is 6.53. The van der Waals surface area contributed by atoms with E-state index in [0.717, 1.165) is 31.6 Å². The lowest BCUT2D eigenvalue weighted by molar-refractivity contribution is 0.0859. The predicted molar refractivity (Wildman–Crippen MR) is 86.5 cm³/mol. The van der Waals surface area contributed by atoms with E-state index < -0.39 is 0 Å². The van der Waals surface area contributed by atoms with E-state index in [1.807, 2.05) is 0 Å². The quantitative estimate of drug-likeness (QED) is 0.742. The number of nitrogens with one attached hydrogen (secondary N) is 1. The van der Waals surface area contributed by atoms with E-state index in [1.165, 1.54) is 45.2 Å². The Labute approximate surface area is 129 Å². The maximum atomic E-state index is 10.1. The Morgan fingerprint density at radius 1 is 1.14 bits per heavy atom. The van der Waals surface area contributed by atoms with Gasteiger partial charge in [-0.3, -0.25) is 9.80 Å². The smallest absolute Gasteiger partial charge is 0.0628 e. The molecular weight excluding hydrogens is 262 g/mol. The average molecular weight is 295 g/mol. The molecule has 3 fully saturated rings. The van der Waals surface area contributed by atoms with Crippen molar-refractivity contribution in [2.75, 3.05) is 39.8 Å². The van der Waals surface area contributed by atoms with Crippen molar-refractivity contribution in [2.45, 2.75) is 63.1 Å². The summed E-state index contributed by atoms with van der Waals surface area (Å²) in [7, 11) is 2.31. The number of hydrogen-bond donors (Lipinski definition) is 2. The number of fused-ring (bicyclic) bond motifs is 2. The normalized spacial score (nSPS) is 33.9. The first-order valence-corrected chi connectivity index (χ1v) is 8.98. The molecule has 2 bridgehead atoms. The molecule has 2 heterocycles. The Morgan fingerprint density at radius 2 is 1.90 bits per heavy atom. The Morgan fingerprint density at radius 3 is 2.57 bits per heavy atom. The van der Waals surface area contributed by atoms with Gasteiger partial charge in [0.25, 0.3) is 0 Å². The Kier molecular flexibility index (Phi) is 4.89. The minimum Gasteiger partial charge on any atom is -0.394 e. The maximum absolute atomic E-state index is 10.1. The first-order chi connectivity index (χ1) is 10.2. The number of aliphatic hydroxyl groups is 1. The summed E-state index contributed by atoms with van der Waals surface area (Å²) in [6, 6.07) is 1.53. The molecule has 122 valence electrons. The van der Waals surface area contributed by atoms with Gasteiger partial charge in [0.2, 0.25) is 0 Å². The van der Waals surface area contributed by atoms with Crippen LogP contribution < -0.4 is 5.32 Å². The minimum absolute atomic E-state index is 0.0435. The molecule has 0 aromatic heterocycles. The van der Waals surface area contributed by atoms with E-state index in [9.17, 15) is 5.11 Å². The number of nitrogens with zero attached hydrogens (tertiary/aromatic N) is 2. The molecule has 21 heavy (non-hydrogen) atoms. The first-order valence-electron chi connectivity index (χ1n) is 8.98. The molecule has 3 rings (SSSR count). The molecule has 0 spiro atoms. The third-order valence-electron chi connectivity index (χ3n) is 6.11. The molecule has 1 aliphatic carbocycles. The highest BCUT2D eigenvalue weighted by molar-refractivity contribution is 5.04. The molecule has 0 aromatic rings. The van der Waals surface area contributed by atoms with Crippen molar-refractivity contribution in [1.29, 1.82) is 0 Å². The van der Waals surface area contributed by atoms with Gasteiger partial charge in [0.1, 0.15) is 0 Å².